The first kappa shape index (κ1) is 17.5. The van der Waals surface area contributed by atoms with Crippen LogP contribution >= 0.6 is 0 Å². The number of hydrogen-bond acceptors (Lipinski definition) is 4. The first-order chi connectivity index (χ1) is 10.5. The molecule has 0 unspecified atom stereocenters. The third-order valence-corrected chi connectivity index (χ3v) is 2.90. The highest BCUT2D eigenvalue weighted by Gasteiger charge is 2.11. The van der Waals surface area contributed by atoms with Crippen molar-refractivity contribution in [1.82, 2.24) is 5.32 Å². The van der Waals surface area contributed by atoms with E-state index in [1.54, 1.807) is 0 Å². The van der Waals surface area contributed by atoms with Gasteiger partial charge in [0.1, 0.15) is 5.75 Å². The van der Waals surface area contributed by atoms with Crippen LogP contribution in [0.4, 0.5) is 5.69 Å². The third-order valence-electron chi connectivity index (χ3n) is 2.90. The van der Waals surface area contributed by atoms with E-state index in [1.807, 2.05) is 6.92 Å². The molecule has 7 nitrogen and oxygen atoms in total. The molecule has 0 atom stereocenters. The number of ether oxygens (including phenoxy) is 1. The van der Waals surface area contributed by atoms with E-state index in [1.165, 1.54) is 25.3 Å². The van der Waals surface area contributed by atoms with Gasteiger partial charge in [0.15, 0.2) is 0 Å². The minimum Gasteiger partial charge on any atom is -0.495 e. The van der Waals surface area contributed by atoms with Crippen molar-refractivity contribution in [1.29, 1.82) is 0 Å². The predicted molar refractivity (Wildman–Crippen MR) is 81.1 cm³/mol. The number of anilines is 1. The minimum absolute atomic E-state index is 0.0751. The number of carbonyl (C=O) groups is 3. The van der Waals surface area contributed by atoms with Crippen LogP contribution in [0.1, 0.15) is 36.5 Å². The van der Waals surface area contributed by atoms with Gasteiger partial charge >= 0.3 is 5.97 Å². The lowest BCUT2D eigenvalue weighted by Gasteiger charge is -2.11. The second-order valence-corrected chi connectivity index (χ2v) is 4.58. The summed E-state index contributed by atoms with van der Waals surface area (Å²) in [6.07, 6.45) is 0.921. The second-order valence-electron chi connectivity index (χ2n) is 4.58. The van der Waals surface area contributed by atoms with Crippen molar-refractivity contribution >= 4 is 23.5 Å². The number of carbonyl (C=O) groups excluding carboxylic acids is 2. The topological polar surface area (TPSA) is 105 Å². The number of methoxy groups -OCH3 is 1. The summed E-state index contributed by atoms with van der Waals surface area (Å²) < 4.78 is 5.07. The summed E-state index contributed by atoms with van der Waals surface area (Å²) in [5.74, 6) is -1.14. The van der Waals surface area contributed by atoms with Gasteiger partial charge in [-0.1, -0.05) is 0 Å². The van der Waals surface area contributed by atoms with Gasteiger partial charge in [-0.2, -0.15) is 0 Å². The van der Waals surface area contributed by atoms with Gasteiger partial charge in [-0.05, 0) is 31.5 Å². The molecule has 7 heteroatoms. The predicted octanol–water partition coefficient (Wildman–Crippen LogP) is 1.64. The molecule has 0 spiro atoms. The average Bonchev–Trinajstić information content (AvgIpc) is 2.47. The van der Waals surface area contributed by atoms with Crippen LogP contribution in [0, 0.1) is 0 Å². The van der Waals surface area contributed by atoms with Crippen molar-refractivity contribution in [2.75, 3.05) is 19.0 Å². The Kier molecular flexibility index (Phi) is 6.88. The number of carboxylic acid groups (broad SMARTS) is 1. The minimum atomic E-state index is -1.07. The average molecular weight is 308 g/mol. The van der Waals surface area contributed by atoms with Crippen LogP contribution in [0.3, 0.4) is 0 Å². The van der Waals surface area contributed by atoms with Crippen LogP contribution in [-0.2, 0) is 9.59 Å². The summed E-state index contributed by atoms with van der Waals surface area (Å²) in [4.78, 5) is 34.0. The van der Waals surface area contributed by atoms with E-state index < -0.39 is 5.97 Å². The summed E-state index contributed by atoms with van der Waals surface area (Å²) in [6.45, 7) is 2.40. The molecule has 0 aliphatic carbocycles. The molecule has 0 aliphatic heterocycles. The fourth-order valence-corrected chi connectivity index (χ4v) is 1.84. The monoisotopic (exact) mass is 308 g/mol. The highest BCUT2D eigenvalue weighted by molar-refractivity contribution is 5.94. The van der Waals surface area contributed by atoms with Gasteiger partial charge in [-0.15, -0.1) is 0 Å². The molecule has 1 rings (SSSR count). The molecule has 0 heterocycles. The quantitative estimate of drug-likeness (QED) is 0.677. The number of hydrogen-bond donors (Lipinski definition) is 3. The molecular formula is C15H20N2O5. The van der Waals surface area contributed by atoms with Gasteiger partial charge in [-0.25, -0.2) is 4.79 Å². The number of nitrogens with one attached hydrogen (secondary N) is 2. The maximum absolute atomic E-state index is 11.8. The van der Waals surface area contributed by atoms with Crippen LogP contribution in [-0.4, -0.2) is 36.5 Å². The number of benzene rings is 1. The van der Waals surface area contributed by atoms with E-state index in [2.05, 4.69) is 10.6 Å². The van der Waals surface area contributed by atoms with Gasteiger partial charge in [0.25, 0.3) is 0 Å². The largest absolute Gasteiger partial charge is 0.495 e. The van der Waals surface area contributed by atoms with E-state index in [0.717, 1.165) is 0 Å². The molecule has 3 N–H and O–H groups in total. The molecule has 2 amide bonds. The number of rotatable bonds is 8. The van der Waals surface area contributed by atoms with Crippen molar-refractivity contribution in [3.8, 4) is 5.75 Å². The standard InChI is InChI=1S/C15H20N2O5/c1-3-16-13(18)5-4-6-14(19)17-11-8-7-10(15(20)21)9-12(11)22-2/h7-9H,3-6H2,1-2H3,(H,16,18)(H,17,19)(H,20,21). The fraction of sp³-hybridized carbons (Fsp3) is 0.400. The summed E-state index contributed by atoms with van der Waals surface area (Å²) in [7, 11) is 1.39. The van der Waals surface area contributed by atoms with Crippen molar-refractivity contribution < 1.29 is 24.2 Å². The zero-order valence-electron chi connectivity index (χ0n) is 12.6. The molecule has 0 aliphatic rings. The van der Waals surface area contributed by atoms with E-state index in [9.17, 15) is 14.4 Å². The number of amides is 2. The Bertz CT molecular complexity index is 557. The molecule has 0 saturated carbocycles. The summed E-state index contributed by atoms with van der Waals surface area (Å²) in [5.41, 5.74) is 0.474. The Balaban J connectivity index is 2.57. The Labute approximate surface area is 128 Å². The first-order valence-corrected chi connectivity index (χ1v) is 6.95. The van der Waals surface area contributed by atoms with Gasteiger partial charge in [0, 0.05) is 19.4 Å². The van der Waals surface area contributed by atoms with Gasteiger partial charge in [0.05, 0.1) is 18.4 Å². The molecule has 0 saturated heterocycles. The summed E-state index contributed by atoms with van der Waals surface area (Å²) in [5, 5.41) is 14.2. The van der Waals surface area contributed by atoms with Gasteiger partial charge in [0.2, 0.25) is 11.8 Å². The normalized spacial score (nSPS) is 9.91. The van der Waals surface area contributed by atoms with Crippen molar-refractivity contribution in [2.24, 2.45) is 0 Å². The lowest BCUT2D eigenvalue weighted by Crippen LogP contribution is -2.22. The molecule has 0 radical (unpaired) electrons. The second kappa shape index (κ2) is 8.66. The number of carboxylic acids is 1. The summed E-state index contributed by atoms with van der Waals surface area (Å²) >= 11 is 0. The molecule has 1 aromatic rings. The first-order valence-electron chi connectivity index (χ1n) is 6.95. The smallest absolute Gasteiger partial charge is 0.335 e. The SMILES string of the molecule is CCNC(=O)CCCC(=O)Nc1ccc(C(=O)O)cc1OC. The van der Waals surface area contributed by atoms with Crippen molar-refractivity contribution in [3.05, 3.63) is 23.8 Å². The van der Waals surface area contributed by atoms with Crippen LogP contribution in [0.5, 0.6) is 5.75 Å². The van der Waals surface area contributed by atoms with Crippen LogP contribution in [0.15, 0.2) is 18.2 Å². The van der Waals surface area contributed by atoms with Crippen LogP contribution in [0.2, 0.25) is 0 Å². The Morgan fingerprint density at radius 1 is 1.18 bits per heavy atom. The lowest BCUT2D eigenvalue weighted by molar-refractivity contribution is -0.121. The molecule has 0 aromatic heterocycles. The van der Waals surface area contributed by atoms with E-state index in [0.29, 0.717) is 18.7 Å². The zero-order chi connectivity index (χ0) is 16.5. The Morgan fingerprint density at radius 2 is 1.86 bits per heavy atom. The van der Waals surface area contributed by atoms with Crippen LogP contribution in [0.25, 0.3) is 0 Å². The lowest BCUT2D eigenvalue weighted by atomic mass is 10.1. The third kappa shape index (κ3) is 5.43. The molecule has 0 bridgehead atoms. The van der Waals surface area contributed by atoms with Crippen LogP contribution < -0.4 is 15.4 Å². The highest BCUT2D eigenvalue weighted by atomic mass is 16.5. The molecule has 120 valence electrons. The molecule has 0 fully saturated rings. The van der Waals surface area contributed by atoms with Gasteiger partial charge in [-0.3, -0.25) is 9.59 Å². The van der Waals surface area contributed by atoms with E-state index in [4.69, 9.17) is 9.84 Å². The highest BCUT2D eigenvalue weighted by Crippen LogP contribution is 2.25. The maximum Gasteiger partial charge on any atom is 0.335 e. The van der Waals surface area contributed by atoms with Crippen molar-refractivity contribution in [3.63, 3.8) is 0 Å². The van der Waals surface area contributed by atoms with E-state index >= 15 is 0 Å². The van der Waals surface area contributed by atoms with E-state index in [-0.39, 0.29) is 36.0 Å². The molecular weight excluding hydrogens is 288 g/mol. The fourth-order valence-electron chi connectivity index (χ4n) is 1.84. The Hall–Kier alpha value is -2.57. The zero-order valence-corrected chi connectivity index (χ0v) is 12.6. The van der Waals surface area contributed by atoms with Gasteiger partial charge < -0.3 is 20.5 Å². The molecule has 22 heavy (non-hydrogen) atoms. The summed E-state index contributed by atoms with van der Waals surface area (Å²) in [6, 6.07) is 4.20. The Morgan fingerprint density at radius 3 is 2.45 bits per heavy atom. The number of aromatic carboxylic acids is 1. The maximum atomic E-state index is 11.8. The molecule has 1 aromatic carbocycles. The van der Waals surface area contributed by atoms with Crippen molar-refractivity contribution in [2.45, 2.75) is 26.2 Å².